The molecule has 0 N–H and O–H groups in total. The first kappa shape index (κ1) is 11.0. The number of nitrogens with zero attached hydrogens (tertiary/aromatic N) is 1. The molecule has 0 aromatic heterocycles. The van der Waals surface area contributed by atoms with Gasteiger partial charge in [-0.1, -0.05) is 6.92 Å². The lowest BCUT2D eigenvalue weighted by atomic mass is 10.1. The van der Waals surface area contributed by atoms with Gasteiger partial charge in [-0.15, -0.1) is 0 Å². The third kappa shape index (κ3) is 3.28. The molecule has 78 valence electrons. The highest BCUT2D eigenvalue weighted by Crippen LogP contribution is 2.20. The molecule has 0 aromatic carbocycles. The predicted molar refractivity (Wildman–Crippen MR) is 55.9 cm³/mol. The Balaban J connectivity index is 2.63. The van der Waals surface area contributed by atoms with Gasteiger partial charge < -0.3 is 4.74 Å². The molecule has 1 rings (SSSR count). The summed E-state index contributed by atoms with van der Waals surface area (Å²) in [5, 5.41) is 0. The van der Waals surface area contributed by atoms with E-state index in [0.29, 0.717) is 12.0 Å². The smallest absolute Gasteiger partial charge is 0.0753 e. The van der Waals surface area contributed by atoms with Crippen LogP contribution >= 0.6 is 0 Å². The van der Waals surface area contributed by atoms with E-state index in [1.807, 2.05) is 0 Å². The van der Waals surface area contributed by atoms with Crippen LogP contribution in [-0.4, -0.2) is 36.2 Å². The van der Waals surface area contributed by atoms with Crippen LogP contribution in [-0.2, 0) is 4.74 Å². The Morgan fingerprint density at radius 3 is 2.54 bits per heavy atom. The Labute approximate surface area is 82.3 Å². The minimum absolute atomic E-state index is 0.0228. The van der Waals surface area contributed by atoms with Gasteiger partial charge in [-0.25, -0.2) is 0 Å². The molecule has 0 bridgehead atoms. The lowest BCUT2D eigenvalue weighted by molar-refractivity contribution is -0.0264. The Morgan fingerprint density at radius 1 is 1.38 bits per heavy atom. The molecule has 1 aliphatic rings. The maximum absolute atomic E-state index is 5.84. The van der Waals surface area contributed by atoms with E-state index >= 15 is 0 Å². The zero-order valence-electron chi connectivity index (χ0n) is 9.63. The van der Waals surface area contributed by atoms with E-state index < -0.39 is 0 Å². The SMILES string of the molecule is CC(C)N1C[C@@H](C)COC(C)(C)C1. The van der Waals surface area contributed by atoms with E-state index in [0.717, 1.165) is 13.2 Å². The standard InChI is InChI=1S/C11H23NO/c1-9(2)12-6-10(3)7-13-11(4,5)8-12/h9-10H,6-8H2,1-5H3/t10-/m1/s1. The maximum atomic E-state index is 5.84. The fourth-order valence-electron chi connectivity index (χ4n) is 1.81. The molecule has 0 radical (unpaired) electrons. The van der Waals surface area contributed by atoms with Gasteiger partial charge in [0.1, 0.15) is 0 Å². The Morgan fingerprint density at radius 2 is 2.00 bits per heavy atom. The van der Waals surface area contributed by atoms with E-state index in [-0.39, 0.29) is 5.60 Å². The van der Waals surface area contributed by atoms with E-state index in [1.54, 1.807) is 0 Å². The van der Waals surface area contributed by atoms with Crippen molar-refractivity contribution in [2.75, 3.05) is 19.7 Å². The molecule has 1 aliphatic heterocycles. The van der Waals surface area contributed by atoms with Gasteiger partial charge in [0.05, 0.1) is 12.2 Å². The fraction of sp³-hybridized carbons (Fsp3) is 1.00. The van der Waals surface area contributed by atoms with Gasteiger partial charge in [-0.3, -0.25) is 4.90 Å². The number of rotatable bonds is 1. The van der Waals surface area contributed by atoms with Crippen LogP contribution in [0.4, 0.5) is 0 Å². The van der Waals surface area contributed by atoms with Gasteiger partial charge in [0.15, 0.2) is 0 Å². The van der Waals surface area contributed by atoms with E-state index in [9.17, 15) is 0 Å². The Bertz CT molecular complexity index is 165. The minimum atomic E-state index is 0.0228. The molecular formula is C11H23NO. The third-order valence-corrected chi connectivity index (χ3v) is 2.62. The molecule has 2 heteroatoms. The van der Waals surface area contributed by atoms with Crippen LogP contribution < -0.4 is 0 Å². The lowest BCUT2D eigenvalue weighted by Crippen LogP contribution is -2.42. The molecule has 2 nitrogen and oxygen atoms in total. The van der Waals surface area contributed by atoms with Gasteiger partial charge in [-0.2, -0.15) is 0 Å². The van der Waals surface area contributed by atoms with Crippen LogP contribution in [0.2, 0.25) is 0 Å². The van der Waals surface area contributed by atoms with Crippen LogP contribution in [0.5, 0.6) is 0 Å². The molecular weight excluding hydrogens is 162 g/mol. The van der Waals surface area contributed by atoms with E-state index in [4.69, 9.17) is 4.74 Å². The third-order valence-electron chi connectivity index (χ3n) is 2.62. The normalized spacial score (nSPS) is 30.5. The molecule has 1 saturated heterocycles. The Hall–Kier alpha value is -0.0800. The van der Waals surface area contributed by atoms with Crippen molar-refractivity contribution in [3.05, 3.63) is 0 Å². The fourth-order valence-corrected chi connectivity index (χ4v) is 1.81. The van der Waals surface area contributed by atoms with E-state index in [2.05, 4.69) is 39.5 Å². The number of ether oxygens (including phenoxy) is 1. The lowest BCUT2D eigenvalue weighted by Gasteiger charge is -2.31. The summed E-state index contributed by atoms with van der Waals surface area (Å²) in [6.07, 6.45) is 0. The number of hydrogen-bond donors (Lipinski definition) is 0. The van der Waals surface area contributed by atoms with Crippen LogP contribution in [0, 0.1) is 5.92 Å². The summed E-state index contributed by atoms with van der Waals surface area (Å²) < 4.78 is 5.84. The molecule has 0 amide bonds. The first-order valence-corrected chi connectivity index (χ1v) is 5.29. The second-order valence-corrected chi connectivity index (χ2v) is 5.20. The second-order valence-electron chi connectivity index (χ2n) is 5.20. The average Bonchev–Trinajstić information content (AvgIpc) is 2.11. The van der Waals surface area contributed by atoms with Crippen molar-refractivity contribution in [3.8, 4) is 0 Å². The summed E-state index contributed by atoms with van der Waals surface area (Å²) >= 11 is 0. The van der Waals surface area contributed by atoms with Crippen molar-refractivity contribution in [2.45, 2.75) is 46.3 Å². The topological polar surface area (TPSA) is 12.5 Å². The average molecular weight is 185 g/mol. The maximum Gasteiger partial charge on any atom is 0.0753 e. The summed E-state index contributed by atoms with van der Waals surface area (Å²) in [4.78, 5) is 2.51. The summed E-state index contributed by atoms with van der Waals surface area (Å²) in [5.74, 6) is 0.657. The summed E-state index contributed by atoms with van der Waals surface area (Å²) in [6, 6.07) is 0.628. The first-order valence-electron chi connectivity index (χ1n) is 5.29. The predicted octanol–water partition coefficient (Wildman–Crippen LogP) is 2.14. The zero-order valence-corrected chi connectivity index (χ0v) is 9.63. The zero-order chi connectivity index (χ0) is 10.1. The molecule has 0 saturated carbocycles. The van der Waals surface area contributed by atoms with Crippen LogP contribution in [0.15, 0.2) is 0 Å². The highest BCUT2D eigenvalue weighted by atomic mass is 16.5. The van der Waals surface area contributed by atoms with Crippen molar-refractivity contribution in [1.82, 2.24) is 4.90 Å². The van der Waals surface area contributed by atoms with Gasteiger partial charge in [0, 0.05) is 19.1 Å². The highest BCUT2D eigenvalue weighted by molar-refractivity contribution is 4.81. The van der Waals surface area contributed by atoms with Crippen LogP contribution in [0.25, 0.3) is 0 Å². The van der Waals surface area contributed by atoms with Crippen molar-refractivity contribution in [1.29, 1.82) is 0 Å². The van der Waals surface area contributed by atoms with Gasteiger partial charge in [0.25, 0.3) is 0 Å². The van der Waals surface area contributed by atoms with Crippen molar-refractivity contribution >= 4 is 0 Å². The molecule has 0 unspecified atom stereocenters. The highest BCUT2D eigenvalue weighted by Gasteiger charge is 2.29. The minimum Gasteiger partial charge on any atom is -0.374 e. The van der Waals surface area contributed by atoms with Gasteiger partial charge in [0.2, 0.25) is 0 Å². The van der Waals surface area contributed by atoms with Crippen molar-refractivity contribution < 1.29 is 4.74 Å². The molecule has 13 heavy (non-hydrogen) atoms. The summed E-state index contributed by atoms with van der Waals surface area (Å²) in [7, 11) is 0. The van der Waals surface area contributed by atoms with Gasteiger partial charge in [-0.05, 0) is 33.6 Å². The quantitative estimate of drug-likeness (QED) is 0.620. The molecule has 0 aliphatic carbocycles. The molecule has 1 atom stereocenters. The van der Waals surface area contributed by atoms with Crippen molar-refractivity contribution in [2.24, 2.45) is 5.92 Å². The first-order chi connectivity index (χ1) is 5.91. The molecule has 0 aromatic rings. The summed E-state index contributed by atoms with van der Waals surface area (Å²) in [6.45, 7) is 14.3. The van der Waals surface area contributed by atoms with Crippen LogP contribution in [0.3, 0.4) is 0 Å². The summed E-state index contributed by atoms with van der Waals surface area (Å²) in [5.41, 5.74) is 0.0228. The largest absolute Gasteiger partial charge is 0.374 e. The monoisotopic (exact) mass is 185 g/mol. The molecule has 0 spiro atoms. The van der Waals surface area contributed by atoms with Gasteiger partial charge >= 0.3 is 0 Å². The van der Waals surface area contributed by atoms with Crippen LogP contribution in [0.1, 0.15) is 34.6 Å². The van der Waals surface area contributed by atoms with E-state index in [1.165, 1.54) is 6.54 Å². The molecule has 1 fully saturated rings. The van der Waals surface area contributed by atoms with Crippen molar-refractivity contribution in [3.63, 3.8) is 0 Å². The Kier molecular flexibility index (Phi) is 3.36. The number of hydrogen-bond acceptors (Lipinski definition) is 2. The molecule has 1 heterocycles. The second kappa shape index (κ2) is 3.97.